The minimum absolute atomic E-state index is 0.0764. The molecule has 1 aromatic heterocycles. The highest BCUT2D eigenvalue weighted by molar-refractivity contribution is 5.94. The highest BCUT2D eigenvalue weighted by Crippen LogP contribution is 2.27. The summed E-state index contributed by atoms with van der Waals surface area (Å²) >= 11 is 0. The van der Waals surface area contributed by atoms with Gasteiger partial charge in [-0.3, -0.25) is 5.10 Å². The molecule has 0 aliphatic heterocycles. The van der Waals surface area contributed by atoms with Crippen LogP contribution in [0.5, 0.6) is 0 Å². The van der Waals surface area contributed by atoms with Gasteiger partial charge in [-0.15, -0.1) is 0 Å². The highest BCUT2D eigenvalue weighted by Gasteiger charge is 2.18. The standard InChI is InChI=1S/C13H14N2O2/c1-7-4-8(2)6-10(5-7)11-9(3)14-15-12(11)13(16)17/h4-6H,1-3H3,(H,14,15)(H,16,17). The molecule has 2 N–H and O–H groups in total. The van der Waals surface area contributed by atoms with E-state index in [1.807, 2.05) is 32.9 Å². The molecule has 2 rings (SSSR count). The van der Waals surface area contributed by atoms with Gasteiger partial charge in [0.25, 0.3) is 0 Å². The van der Waals surface area contributed by atoms with Crippen molar-refractivity contribution in [2.24, 2.45) is 0 Å². The molecule has 0 unspecified atom stereocenters. The number of hydrogen-bond acceptors (Lipinski definition) is 2. The first-order valence-corrected chi connectivity index (χ1v) is 5.36. The van der Waals surface area contributed by atoms with Crippen molar-refractivity contribution in [3.05, 3.63) is 40.7 Å². The predicted octanol–water partition coefficient (Wildman–Crippen LogP) is 2.70. The van der Waals surface area contributed by atoms with Crippen LogP contribution >= 0.6 is 0 Å². The molecule has 0 aliphatic carbocycles. The molecule has 0 saturated heterocycles. The van der Waals surface area contributed by atoms with E-state index in [0.29, 0.717) is 5.56 Å². The monoisotopic (exact) mass is 230 g/mol. The van der Waals surface area contributed by atoms with E-state index in [0.717, 1.165) is 22.4 Å². The summed E-state index contributed by atoms with van der Waals surface area (Å²) in [7, 11) is 0. The first kappa shape index (κ1) is 11.4. The maximum absolute atomic E-state index is 11.1. The van der Waals surface area contributed by atoms with Crippen molar-refractivity contribution < 1.29 is 9.90 Å². The van der Waals surface area contributed by atoms with E-state index in [1.165, 1.54) is 0 Å². The highest BCUT2D eigenvalue weighted by atomic mass is 16.4. The summed E-state index contributed by atoms with van der Waals surface area (Å²) in [6.07, 6.45) is 0. The molecule has 0 fully saturated rings. The van der Waals surface area contributed by atoms with Crippen molar-refractivity contribution in [2.45, 2.75) is 20.8 Å². The Balaban J connectivity index is 2.67. The van der Waals surface area contributed by atoms with Gasteiger partial charge >= 0.3 is 5.97 Å². The second kappa shape index (κ2) is 4.05. The van der Waals surface area contributed by atoms with Gasteiger partial charge in [0.2, 0.25) is 0 Å². The van der Waals surface area contributed by atoms with Crippen LogP contribution in [0, 0.1) is 20.8 Å². The van der Waals surface area contributed by atoms with Gasteiger partial charge in [0.05, 0.1) is 0 Å². The lowest BCUT2D eigenvalue weighted by Crippen LogP contribution is -1.99. The molecule has 17 heavy (non-hydrogen) atoms. The van der Waals surface area contributed by atoms with Crippen molar-refractivity contribution >= 4 is 5.97 Å². The van der Waals surface area contributed by atoms with E-state index in [-0.39, 0.29) is 5.69 Å². The Hall–Kier alpha value is -2.10. The molecule has 1 aromatic carbocycles. The molecule has 4 heteroatoms. The second-order valence-corrected chi connectivity index (χ2v) is 4.25. The summed E-state index contributed by atoms with van der Waals surface area (Å²) in [4.78, 5) is 11.1. The quantitative estimate of drug-likeness (QED) is 0.833. The van der Waals surface area contributed by atoms with Crippen LogP contribution in [0.4, 0.5) is 0 Å². The summed E-state index contributed by atoms with van der Waals surface area (Å²) in [5.74, 6) is -1.01. The van der Waals surface area contributed by atoms with Gasteiger partial charge in [-0.25, -0.2) is 4.79 Å². The lowest BCUT2D eigenvalue weighted by Gasteiger charge is -2.05. The van der Waals surface area contributed by atoms with Gasteiger partial charge in [-0.05, 0) is 26.3 Å². The molecule has 4 nitrogen and oxygen atoms in total. The van der Waals surface area contributed by atoms with Gasteiger partial charge in [-0.1, -0.05) is 29.3 Å². The van der Waals surface area contributed by atoms with E-state index >= 15 is 0 Å². The third kappa shape index (κ3) is 2.06. The van der Waals surface area contributed by atoms with Crippen molar-refractivity contribution in [3.8, 4) is 11.1 Å². The van der Waals surface area contributed by atoms with E-state index in [1.54, 1.807) is 0 Å². The van der Waals surface area contributed by atoms with E-state index < -0.39 is 5.97 Å². The molecule has 0 bridgehead atoms. The lowest BCUT2D eigenvalue weighted by atomic mass is 9.99. The Morgan fingerprint density at radius 2 is 1.76 bits per heavy atom. The number of carboxylic acids is 1. The summed E-state index contributed by atoms with van der Waals surface area (Å²) in [5.41, 5.74) is 4.63. The molecule has 0 atom stereocenters. The minimum atomic E-state index is -1.01. The second-order valence-electron chi connectivity index (χ2n) is 4.25. The zero-order chi connectivity index (χ0) is 12.6. The maximum atomic E-state index is 11.1. The third-order valence-corrected chi connectivity index (χ3v) is 2.66. The average Bonchev–Trinajstić information content (AvgIpc) is 2.58. The number of aryl methyl sites for hydroxylation is 3. The first-order valence-electron chi connectivity index (χ1n) is 5.36. The Bertz CT molecular complexity index is 565. The van der Waals surface area contributed by atoms with Crippen LogP contribution in [-0.2, 0) is 0 Å². The lowest BCUT2D eigenvalue weighted by molar-refractivity contribution is 0.0691. The van der Waals surface area contributed by atoms with Crippen molar-refractivity contribution in [1.82, 2.24) is 10.2 Å². The number of aromatic carboxylic acids is 1. The Morgan fingerprint density at radius 3 is 2.29 bits per heavy atom. The van der Waals surface area contributed by atoms with Crippen molar-refractivity contribution in [3.63, 3.8) is 0 Å². The zero-order valence-electron chi connectivity index (χ0n) is 10.0. The van der Waals surface area contributed by atoms with Crippen LogP contribution in [-0.4, -0.2) is 21.3 Å². The number of nitrogens with zero attached hydrogens (tertiary/aromatic N) is 1. The number of nitrogens with one attached hydrogen (secondary N) is 1. The van der Waals surface area contributed by atoms with Gasteiger partial charge < -0.3 is 5.11 Å². The molecular weight excluding hydrogens is 216 g/mol. The van der Waals surface area contributed by atoms with Crippen LogP contribution in [0.2, 0.25) is 0 Å². The summed E-state index contributed by atoms with van der Waals surface area (Å²) in [6, 6.07) is 5.99. The number of carbonyl (C=O) groups is 1. The predicted molar refractivity (Wildman–Crippen MR) is 65.2 cm³/mol. The minimum Gasteiger partial charge on any atom is -0.476 e. The fourth-order valence-electron chi connectivity index (χ4n) is 2.06. The Labute approximate surface area is 99.3 Å². The molecule has 0 spiro atoms. The number of H-pyrrole nitrogens is 1. The van der Waals surface area contributed by atoms with E-state index in [9.17, 15) is 4.79 Å². The van der Waals surface area contributed by atoms with E-state index in [4.69, 9.17) is 5.11 Å². The molecule has 88 valence electrons. The number of aromatic amines is 1. The largest absolute Gasteiger partial charge is 0.476 e. The number of benzene rings is 1. The molecule has 0 saturated carbocycles. The van der Waals surface area contributed by atoms with Crippen molar-refractivity contribution in [1.29, 1.82) is 0 Å². The third-order valence-electron chi connectivity index (χ3n) is 2.66. The van der Waals surface area contributed by atoms with Gasteiger partial charge in [0.15, 0.2) is 5.69 Å². The van der Waals surface area contributed by atoms with E-state index in [2.05, 4.69) is 16.3 Å². The van der Waals surface area contributed by atoms with Crippen LogP contribution in [0.3, 0.4) is 0 Å². The normalized spacial score (nSPS) is 10.5. The van der Waals surface area contributed by atoms with Crippen LogP contribution in [0.15, 0.2) is 18.2 Å². The SMILES string of the molecule is Cc1cc(C)cc(-c2c(C(=O)O)n[nH]c2C)c1. The number of aromatic nitrogens is 2. The zero-order valence-corrected chi connectivity index (χ0v) is 10.0. The number of rotatable bonds is 2. The molecule has 2 aromatic rings. The smallest absolute Gasteiger partial charge is 0.357 e. The molecular formula is C13H14N2O2. The van der Waals surface area contributed by atoms with Crippen molar-refractivity contribution in [2.75, 3.05) is 0 Å². The van der Waals surface area contributed by atoms with Crippen LogP contribution in [0.1, 0.15) is 27.3 Å². The van der Waals surface area contributed by atoms with Gasteiger partial charge in [0.1, 0.15) is 0 Å². The van der Waals surface area contributed by atoms with Crippen LogP contribution < -0.4 is 0 Å². The topological polar surface area (TPSA) is 66.0 Å². The Morgan fingerprint density at radius 1 is 1.18 bits per heavy atom. The summed E-state index contributed by atoms with van der Waals surface area (Å²) in [5, 5.41) is 15.6. The Kier molecular flexibility index (Phi) is 2.71. The molecule has 1 heterocycles. The number of hydrogen-bond donors (Lipinski definition) is 2. The van der Waals surface area contributed by atoms with Gasteiger partial charge in [0, 0.05) is 11.3 Å². The summed E-state index contributed by atoms with van der Waals surface area (Å²) < 4.78 is 0. The average molecular weight is 230 g/mol. The van der Waals surface area contributed by atoms with Crippen LogP contribution in [0.25, 0.3) is 11.1 Å². The fraction of sp³-hybridized carbons (Fsp3) is 0.231. The first-order chi connectivity index (χ1) is 7.99. The fourth-order valence-corrected chi connectivity index (χ4v) is 2.06. The molecule has 0 aliphatic rings. The number of carboxylic acid groups (broad SMARTS) is 1. The molecule has 0 amide bonds. The molecule has 0 radical (unpaired) electrons. The van der Waals surface area contributed by atoms with Gasteiger partial charge in [-0.2, -0.15) is 5.10 Å². The summed E-state index contributed by atoms with van der Waals surface area (Å²) in [6.45, 7) is 5.81. The maximum Gasteiger partial charge on any atom is 0.357 e.